The van der Waals surface area contributed by atoms with Crippen LogP contribution < -0.4 is 43.3 Å². The normalized spacial score (nSPS) is 14.2. The van der Waals surface area contributed by atoms with E-state index < -0.39 is 12.0 Å². The molecule has 0 amide bonds. The smallest absolute Gasteiger partial charge is 0.338 e. The van der Waals surface area contributed by atoms with Gasteiger partial charge >= 0.3 is 5.97 Å². The maximum atomic E-state index is 14.0. The van der Waals surface area contributed by atoms with E-state index in [1.54, 1.807) is 71.6 Å². The average molecular weight is 661 g/mol. The van der Waals surface area contributed by atoms with E-state index in [4.69, 9.17) is 33.2 Å². The first-order chi connectivity index (χ1) is 22.8. The number of thiazole rings is 1. The van der Waals surface area contributed by atoms with Gasteiger partial charge in [0.25, 0.3) is 5.56 Å². The second-order valence-electron chi connectivity index (χ2n) is 10.2. The third kappa shape index (κ3) is 7.12. The Hall–Kier alpha value is -5.23. The van der Waals surface area contributed by atoms with E-state index in [2.05, 4.69) is 4.99 Å². The SMILES string of the molecule is CCOC(=O)C1=C(C)N=c2s/c(=C\c3ccc(OCCOc4ccc(OC)cc4)c(OC)c3)c(=O)n2[C@@H]1c1ccc(OC)c(OC)c1. The van der Waals surface area contributed by atoms with E-state index in [-0.39, 0.29) is 17.7 Å². The zero-order chi connectivity index (χ0) is 33.5. The van der Waals surface area contributed by atoms with Gasteiger partial charge in [-0.1, -0.05) is 23.5 Å². The fourth-order valence-corrected chi connectivity index (χ4v) is 6.20. The maximum absolute atomic E-state index is 14.0. The summed E-state index contributed by atoms with van der Waals surface area (Å²) in [4.78, 5) is 32.4. The summed E-state index contributed by atoms with van der Waals surface area (Å²) in [5, 5.41) is 0. The van der Waals surface area contributed by atoms with Crippen molar-refractivity contribution in [3.8, 4) is 34.5 Å². The van der Waals surface area contributed by atoms with E-state index in [1.165, 1.54) is 23.0 Å². The van der Waals surface area contributed by atoms with Crippen molar-refractivity contribution in [2.24, 2.45) is 4.99 Å². The molecule has 1 aromatic heterocycles. The number of esters is 1. The Labute approximate surface area is 275 Å². The third-order valence-electron chi connectivity index (χ3n) is 7.39. The molecular formula is C35H36N2O9S. The van der Waals surface area contributed by atoms with Gasteiger partial charge in [-0.25, -0.2) is 9.79 Å². The van der Waals surface area contributed by atoms with E-state index in [0.29, 0.717) is 62.6 Å². The van der Waals surface area contributed by atoms with Gasteiger partial charge in [0, 0.05) is 0 Å². The Morgan fingerprint density at radius 3 is 2.17 bits per heavy atom. The van der Waals surface area contributed by atoms with Crippen LogP contribution in [0.15, 0.2) is 81.7 Å². The van der Waals surface area contributed by atoms with E-state index >= 15 is 0 Å². The van der Waals surface area contributed by atoms with Crippen LogP contribution in [0.3, 0.4) is 0 Å². The largest absolute Gasteiger partial charge is 0.497 e. The van der Waals surface area contributed by atoms with Gasteiger partial charge in [-0.15, -0.1) is 0 Å². The number of fused-ring (bicyclic) bond motifs is 1. The van der Waals surface area contributed by atoms with Crippen molar-refractivity contribution in [1.82, 2.24) is 4.57 Å². The molecule has 246 valence electrons. The standard InChI is InChI=1S/C35H36N2O9S/c1-7-44-34(39)31-21(2)36-35-37(32(31)23-9-15-26(41-4)29(20-23)43-6)33(38)30(47-35)19-22-8-14-27(28(18-22)42-5)46-17-16-45-25-12-10-24(40-3)11-13-25/h8-15,18-20,32H,7,16-17H2,1-6H3/b30-19-/t32-/m1/s1. The Bertz CT molecular complexity index is 1960. The summed E-state index contributed by atoms with van der Waals surface area (Å²) in [7, 11) is 6.24. The topological polar surface area (TPSA) is 116 Å². The molecule has 0 N–H and O–H groups in total. The predicted molar refractivity (Wildman–Crippen MR) is 177 cm³/mol. The van der Waals surface area contributed by atoms with Crippen LogP contribution in [0.5, 0.6) is 34.5 Å². The van der Waals surface area contributed by atoms with E-state index in [0.717, 1.165) is 11.3 Å². The fourth-order valence-electron chi connectivity index (χ4n) is 5.16. The second kappa shape index (κ2) is 14.9. The molecule has 0 bridgehead atoms. The average Bonchev–Trinajstić information content (AvgIpc) is 3.39. The number of allylic oxidation sites excluding steroid dienone is 1. The molecule has 0 saturated heterocycles. The number of hydrogen-bond acceptors (Lipinski definition) is 11. The number of methoxy groups -OCH3 is 4. The van der Waals surface area contributed by atoms with Crippen LogP contribution >= 0.6 is 11.3 Å². The second-order valence-corrected chi connectivity index (χ2v) is 11.2. The molecule has 5 rings (SSSR count). The van der Waals surface area contributed by atoms with Crippen LogP contribution in [0, 0.1) is 0 Å². The summed E-state index contributed by atoms with van der Waals surface area (Å²) < 4.78 is 40.7. The molecular weight excluding hydrogens is 624 g/mol. The van der Waals surface area contributed by atoms with Gasteiger partial charge in [0.1, 0.15) is 24.7 Å². The summed E-state index contributed by atoms with van der Waals surface area (Å²) in [6.45, 7) is 4.26. The zero-order valence-electron chi connectivity index (χ0n) is 27.0. The van der Waals surface area contributed by atoms with Crippen molar-refractivity contribution < 1.29 is 38.0 Å². The minimum Gasteiger partial charge on any atom is -0.497 e. The van der Waals surface area contributed by atoms with Crippen LogP contribution in [0.1, 0.15) is 31.0 Å². The predicted octanol–water partition coefficient (Wildman–Crippen LogP) is 4.29. The molecule has 0 spiro atoms. The van der Waals surface area contributed by atoms with Gasteiger partial charge in [-0.3, -0.25) is 9.36 Å². The monoisotopic (exact) mass is 660 g/mol. The number of rotatable bonds is 13. The van der Waals surface area contributed by atoms with Crippen molar-refractivity contribution in [3.05, 3.63) is 103 Å². The molecule has 1 aliphatic heterocycles. The highest BCUT2D eigenvalue weighted by molar-refractivity contribution is 7.07. The van der Waals surface area contributed by atoms with Crippen LogP contribution in [-0.4, -0.2) is 58.8 Å². The number of ether oxygens (including phenoxy) is 7. The Morgan fingerprint density at radius 2 is 1.49 bits per heavy atom. The first kappa shape index (κ1) is 33.1. The molecule has 0 radical (unpaired) electrons. The number of hydrogen-bond donors (Lipinski definition) is 0. The highest BCUT2D eigenvalue weighted by atomic mass is 32.1. The molecule has 3 aromatic carbocycles. The molecule has 4 aromatic rings. The van der Waals surface area contributed by atoms with Gasteiger partial charge < -0.3 is 33.2 Å². The lowest BCUT2D eigenvalue weighted by molar-refractivity contribution is -0.139. The van der Waals surface area contributed by atoms with Gasteiger partial charge in [0.15, 0.2) is 27.8 Å². The lowest BCUT2D eigenvalue weighted by Crippen LogP contribution is -2.39. The van der Waals surface area contributed by atoms with Crippen molar-refractivity contribution in [1.29, 1.82) is 0 Å². The molecule has 12 heteroatoms. The molecule has 0 fully saturated rings. The van der Waals surface area contributed by atoms with E-state index in [1.807, 2.05) is 30.3 Å². The van der Waals surface area contributed by atoms with Crippen molar-refractivity contribution in [2.75, 3.05) is 48.3 Å². The van der Waals surface area contributed by atoms with Gasteiger partial charge in [0.05, 0.1) is 56.9 Å². The molecule has 0 saturated carbocycles. The Balaban J connectivity index is 1.45. The number of carbonyl (C=O) groups is 1. The molecule has 0 unspecified atom stereocenters. The highest BCUT2D eigenvalue weighted by Gasteiger charge is 2.34. The number of benzene rings is 3. The van der Waals surface area contributed by atoms with Crippen LogP contribution in [-0.2, 0) is 9.53 Å². The molecule has 1 atom stereocenters. The zero-order valence-corrected chi connectivity index (χ0v) is 27.8. The van der Waals surface area contributed by atoms with Gasteiger partial charge in [0.2, 0.25) is 0 Å². The summed E-state index contributed by atoms with van der Waals surface area (Å²) >= 11 is 1.23. The van der Waals surface area contributed by atoms with Crippen molar-refractivity contribution in [3.63, 3.8) is 0 Å². The summed E-state index contributed by atoms with van der Waals surface area (Å²) in [6, 6.07) is 17.2. The number of carbonyl (C=O) groups excluding carboxylic acids is 1. The summed E-state index contributed by atoms with van der Waals surface area (Å²) in [5.74, 6) is 2.93. The molecule has 1 aliphatic rings. The van der Waals surface area contributed by atoms with Crippen LogP contribution in [0.4, 0.5) is 0 Å². The summed E-state index contributed by atoms with van der Waals surface area (Å²) in [6.07, 6.45) is 1.76. The molecule has 47 heavy (non-hydrogen) atoms. The van der Waals surface area contributed by atoms with Gasteiger partial charge in [-0.2, -0.15) is 0 Å². The summed E-state index contributed by atoms with van der Waals surface area (Å²) in [5.41, 5.74) is 1.80. The number of aromatic nitrogens is 1. The lowest BCUT2D eigenvalue weighted by Gasteiger charge is -2.25. The third-order valence-corrected chi connectivity index (χ3v) is 8.38. The van der Waals surface area contributed by atoms with Crippen LogP contribution in [0.2, 0.25) is 0 Å². The van der Waals surface area contributed by atoms with E-state index in [9.17, 15) is 9.59 Å². The van der Waals surface area contributed by atoms with Crippen LogP contribution in [0.25, 0.3) is 6.08 Å². The molecule has 0 aliphatic carbocycles. The minimum absolute atomic E-state index is 0.177. The molecule has 11 nitrogen and oxygen atoms in total. The Kier molecular flexibility index (Phi) is 10.5. The lowest BCUT2D eigenvalue weighted by atomic mass is 9.95. The van der Waals surface area contributed by atoms with Crippen molar-refractivity contribution >= 4 is 23.4 Å². The molecule has 2 heterocycles. The van der Waals surface area contributed by atoms with Gasteiger partial charge in [-0.05, 0) is 79.6 Å². The quantitative estimate of drug-likeness (QED) is 0.153. The Morgan fingerprint density at radius 1 is 0.830 bits per heavy atom. The number of nitrogens with zero attached hydrogens (tertiary/aromatic N) is 2. The highest BCUT2D eigenvalue weighted by Crippen LogP contribution is 2.36. The fraction of sp³-hybridized carbons (Fsp3) is 0.286. The van der Waals surface area contributed by atoms with Crippen molar-refractivity contribution in [2.45, 2.75) is 19.9 Å². The first-order valence-corrected chi connectivity index (χ1v) is 15.6. The first-order valence-electron chi connectivity index (χ1n) is 14.8. The minimum atomic E-state index is -0.794. The maximum Gasteiger partial charge on any atom is 0.338 e.